The van der Waals surface area contributed by atoms with Gasteiger partial charge in [0, 0.05) is 6.42 Å². The Morgan fingerprint density at radius 3 is 1.40 bits per heavy atom. The maximum absolute atomic E-state index is 13.9. The third-order valence-electron chi connectivity index (χ3n) is 7.76. The molecule has 0 radical (unpaired) electrons. The summed E-state index contributed by atoms with van der Waals surface area (Å²) in [6.45, 7) is 2.12. The van der Waals surface area contributed by atoms with Gasteiger partial charge in [0.25, 0.3) is 0 Å². The summed E-state index contributed by atoms with van der Waals surface area (Å²) in [5.41, 5.74) is -2.64. The Balaban J connectivity index is 1.99. The summed E-state index contributed by atoms with van der Waals surface area (Å²) in [6.07, 6.45) is -6.41. The fourth-order valence-corrected chi connectivity index (χ4v) is 5.19. The molecule has 0 fully saturated rings. The fraction of sp³-hybridized carbons (Fsp3) is 0.471. The van der Waals surface area contributed by atoms with E-state index in [2.05, 4.69) is 6.92 Å². The van der Waals surface area contributed by atoms with Crippen molar-refractivity contribution in [2.75, 3.05) is 21.1 Å². The van der Waals surface area contributed by atoms with E-state index in [0.29, 0.717) is 6.42 Å². The molecule has 0 aromatic heterocycles. The first kappa shape index (κ1) is 38.9. The number of unbranched alkanes of at least 4 members (excludes halogenated alkanes) is 6. The van der Waals surface area contributed by atoms with Crippen molar-refractivity contribution in [2.24, 2.45) is 0 Å². The number of alkyl halides is 9. The Morgan fingerprint density at radius 2 is 0.979 bits per heavy atom. The molecule has 48 heavy (non-hydrogen) atoms. The molecule has 1 atom stereocenters. The second-order valence-corrected chi connectivity index (χ2v) is 12.5. The zero-order chi connectivity index (χ0) is 35.8. The normalized spacial score (nSPS) is 13.3. The van der Waals surface area contributed by atoms with Gasteiger partial charge in [0.15, 0.2) is 0 Å². The van der Waals surface area contributed by atoms with Gasteiger partial charge in [-0.3, -0.25) is 0 Å². The van der Waals surface area contributed by atoms with Crippen molar-refractivity contribution >= 4 is 7.32 Å². The van der Waals surface area contributed by atoms with E-state index < -0.39 is 48.6 Å². The van der Waals surface area contributed by atoms with E-state index in [1.807, 2.05) is 21.1 Å². The quantitative estimate of drug-likeness (QED) is 0.0647. The lowest BCUT2D eigenvalue weighted by atomic mass is 9.94. The molecule has 0 saturated carbocycles. The first-order valence-corrected chi connectivity index (χ1v) is 15.7. The lowest BCUT2D eigenvalue weighted by Crippen LogP contribution is -2.41. The van der Waals surface area contributed by atoms with Crippen LogP contribution in [0.15, 0.2) is 66.7 Å². The highest BCUT2D eigenvalue weighted by Crippen LogP contribution is 2.40. The highest BCUT2D eigenvalue weighted by molar-refractivity contribution is 6.39. The van der Waals surface area contributed by atoms with Crippen molar-refractivity contribution in [2.45, 2.75) is 82.9 Å². The van der Waals surface area contributed by atoms with Gasteiger partial charge in [0.1, 0.15) is 23.3 Å². The minimum atomic E-state index is -4.67. The van der Waals surface area contributed by atoms with Crippen molar-refractivity contribution < 1.29 is 58.0 Å². The average molecular weight is 692 g/mol. The van der Waals surface area contributed by atoms with E-state index in [1.165, 1.54) is 0 Å². The average Bonchev–Trinajstić information content (AvgIpc) is 2.97. The molecule has 0 N–H and O–H groups in total. The van der Waals surface area contributed by atoms with Gasteiger partial charge >= 0.3 is 25.9 Å². The summed E-state index contributed by atoms with van der Waals surface area (Å²) in [5, 5.41) is 0. The van der Waals surface area contributed by atoms with Crippen LogP contribution in [0.25, 0.3) is 0 Å². The molecule has 0 amide bonds. The van der Waals surface area contributed by atoms with Gasteiger partial charge in [-0.2, -0.15) is 39.5 Å². The zero-order valence-corrected chi connectivity index (χ0v) is 27.2. The lowest BCUT2D eigenvalue weighted by molar-refractivity contribution is -0.902. The molecule has 0 aliphatic carbocycles. The fourth-order valence-electron chi connectivity index (χ4n) is 5.19. The third-order valence-corrected chi connectivity index (χ3v) is 7.76. The third kappa shape index (κ3) is 11.9. The molecule has 1 unspecified atom stereocenters. The Morgan fingerprint density at radius 1 is 0.562 bits per heavy atom. The molecule has 3 aromatic carbocycles. The zero-order valence-electron chi connectivity index (χ0n) is 27.2. The minimum Gasteiger partial charge on any atom is -0.490 e. The van der Waals surface area contributed by atoms with Crippen LogP contribution < -0.4 is 14.0 Å². The van der Waals surface area contributed by atoms with Gasteiger partial charge in [-0.25, -0.2) is 0 Å². The van der Waals surface area contributed by atoms with E-state index in [-0.39, 0.29) is 27.3 Å². The Hall–Kier alpha value is -3.55. The number of quaternary nitrogens is 1. The van der Waals surface area contributed by atoms with Crippen LogP contribution >= 0.6 is 0 Å². The van der Waals surface area contributed by atoms with Crippen LogP contribution in [0.2, 0.25) is 0 Å². The number of hydrogen-bond donors (Lipinski definition) is 0. The predicted molar refractivity (Wildman–Crippen MR) is 165 cm³/mol. The van der Waals surface area contributed by atoms with E-state index in [1.54, 1.807) is 0 Å². The molecule has 3 aromatic rings. The lowest BCUT2D eigenvalue weighted by Gasteiger charge is -2.36. The molecule has 264 valence electrons. The van der Waals surface area contributed by atoms with Crippen molar-refractivity contribution in [3.63, 3.8) is 0 Å². The van der Waals surface area contributed by atoms with Crippen LogP contribution in [-0.2, 0) is 18.5 Å². The maximum Gasteiger partial charge on any atom is 0.864 e. The van der Waals surface area contributed by atoms with Crippen molar-refractivity contribution in [3.8, 4) is 17.2 Å². The van der Waals surface area contributed by atoms with E-state index in [9.17, 15) is 39.5 Å². The van der Waals surface area contributed by atoms with Crippen LogP contribution in [0.1, 0.15) is 86.6 Å². The van der Waals surface area contributed by atoms with Gasteiger partial charge < -0.3 is 18.4 Å². The van der Waals surface area contributed by atoms with Crippen LogP contribution in [0, 0.1) is 0 Å². The second-order valence-electron chi connectivity index (χ2n) is 12.5. The van der Waals surface area contributed by atoms with E-state index in [0.717, 1.165) is 112 Å². The molecular formula is C34H40BF9NO3+. The van der Waals surface area contributed by atoms with Gasteiger partial charge in [-0.05, 0) is 73.2 Å². The number of benzene rings is 3. The molecule has 14 heteroatoms. The van der Waals surface area contributed by atoms with Crippen LogP contribution in [0.3, 0.4) is 0 Å². The molecule has 0 spiro atoms. The van der Waals surface area contributed by atoms with Crippen molar-refractivity contribution in [1.29, 1.82) is 0 Å². The first-order valence-electron chi connectivity index (χ1n) is 15.7. The largest absolute Gasteiger partial charge is 0.864 e. The molecule has 4 nitrogen and oxygen atoms in total. The molecule has 0 heterocycles. The summed E-state index contributed by atoms with van der Waals surface area (Å²) in [5.74, 6) is -0.355. The summed E-state index contributed by atoms with van der Waals surface area (Å²) >= 11 is 0. The Bertz CT molecular complexity index is 1360. The monoisotopic (exact) mass is 692 g/mol. The standard InChI is InChI=1S/C34H40BF9NO3/c1-5-6-7-8-9-10-11-12-30(45(2,3)4)29-23-26(34(42,43)44)17-22-31(29)48-35(46-27-18-13-24(14-19-27)32(36,37)38)47-28-20-15-25(16-21-28)33(39,40)41/h13-23,30H,5-12H2,1-4H3/q+1. The first-order chi connectivity index (χ1) is 22.3. The maximum atomic E-state index is 13.9. The highest BCUT2D eigenvalue weighted by Gasteiger charge is 2.39. The Labute approximate surface area is 275 Å². The second kappa shape index (κ2) is 16.2. The summed E-state index contributed by atoms with van der Waals surface area (Å²) < 4.78 is 138. The molecular weight excluding hydrogens is 652 g/mol. The number of rotatable bonds is 16. The van der Waals surface area contributed by atoms with E-state index in [4.69, 9.17) is 14.0 Å². The minimum absolute atomic E-state index is 0.0483. The van der Waals surface area contributed by atoms with Crippen LogP contribution in [0.4, 0.5) is 39.5 Å². The van der Waals surface area contributed by atoms with E-state index >= 15 is 0 Å². The molecule has 0 aliphatic heterocycles. The number of halogens is 9. The topological polar surface area (TPSA) is 27.7 Å². The summed E-state index contributed by atoms with van der Waals surface area (Å²) in [6, 6.07) is 9.46. The summed E-state index contributed by atoms with van der Waals surface area (Å²) in [7, 11) is 3.70. The molecule has 3 rings (SSSR count). The highest BCUT2D eigenvalue weighted by atomic mass is 19.4. The van der Waals surface area contributed by atoms with Crippen molar-refractivity contribution in [1.82, 2.24) is 0 Å². The van der Waals surface area contributed by atoms with Gasteiger partial charge in [0.05, 0.1) is 43.4 Å². The smallest absolute Gasteiger partial charge is 0.490 e. The summed E-state index contributed by atoms with van der Waals surface area (Å²) in [4.78, 5) is 0. The van der Waals surface area contributed by atoms with Crippen LogP contribution in [-0.4, -0.2) is 32.9 Å². The molecule has 0 aliphatic rings. The van der Waals surface area contributed by atoms with Gasteiger partial charge in [-0.15, -0.1) is 0 Å². The predicted octanol–water partition coefficient (Wildman–Crippen LogP) is 11.2. The SMILES string of the molecule is CCCCCCCCCC(c1cc(C(F)(F)F)ccc1OB(Oc1ccc(C(F)(F)F)cc1)Oc1ccc(C(F)(F)F)cc1)[N+](C)(C)C. The van der Waals surface area contributed by atoms with Gasteiger partial charge in [0.2, 0.25) is 0 Å². The van der Waals surface area contributed by atoms with Gasteiger partial charge in [-0.1, -0.05) is 45.4 Å². The van der Waals surface area contributed by atoms with Crippen molar-refractivity contribution in [3.05, 3.63) is 89.0 Å². The number of nitrogens with zero attached hydrogens (tertiary/aromatic N) is 1. The van der Waals surface area contributed by atoms with Crippen LogP contribution in [0.5, 0.6) is 17.2 Å². The Kier molecular flexibility index (Phi) is 13.2. The molecule has 0 saturated heterocycles. The number of hydrogen-bond acceptors (Lipinski definition) is 3. The molecule has 0 bridgehead atoms.